The fraction of sp³-hybridized carbons (Fsp3) is 0.0909. The molecule has 0 aliphatic carbocycles. The SMILES string of the molecule is C1=CC2=N[N-]C(c3ccccn3)N2C=C1. The van der Waals surface area contributed by atoms with Crippen molar-refractivity contribution in [1.29, 1.82) is 0 Å². The number of hydrogen-bond acceptors (Lipinski definition) is 3. The van der Waals surface area contributed by atoms with Gasteiger partial charge in [0.25, 0.3) is 0 Å². The van der Waals surface area contributed by atoms with Crippen LogP contribution in [0.3, 0.4) is 0 Å². The fourth-order valence-corrected chi connectivity index (χ4v) is 1.64. The summed E-state index contributed by atoms with van der Waals surface area (Å²) >= 11 is 0. The first-order valence-electron chi connectivity index (χ1n) is 4.77. The minimum atomic E-state index is -0.109. The predicted molar refractivity (Wildman–Crippen MR) is 57.9 cm³/mol. The second-order valence-electron chi connectivity index (χ2n) is 3.31. The van der Waals surface area contributed by atoms with Crippen molar-refractivity contribution in [2.24, 2.45) is 5.10 Å². The molecule has 15 heavy (non-hydrogen) atoms. The van der Waals surface area contributed by atoms with E-state index < -0.39 is 0 Å². The fourth-order valence-electron chi connectivity index (χ4n) is 1.64. The van der Waals surface area contributed by atoms with Crippen molar-refractivity contribution in [1.82, 2.24) is 9.88 Å². The molecule has 0 spiro atoms. The van der Waals surface area contributed by atoms with Crippen LogP contribution in [-0.4, -0.2) is 15.7 Å². The van der Waals surface area contributed by atoms with Crippen molar-refractivity contribution in [2.45, 2.75) is 6.17 Å². The maximum absolute atomic E-state index is 4.29. The number of hydrogen-bond donors (Lipinski definition) is 0. The van der Waals surface area contributed by atoms with Crippen LogP contribution >= 0.6 is 0 Å². The summed E-state index contributed by atoms with van der Waals surface area (Å²) in [6.07, 6.45) is 9.48. The van der Waals surface area contributed by atoms with Crippen LogP contribution in [0.15, 0.2) is 53.9 Å². The molecule has 0 amide bonds. The topological polar surface area (TPSA) is 42.6 Å². The van der Waals surface area contributed by atoms with Crippen LogP contribution in [0.2, 0.25) is 0 Å². The summed E-state index contributed by atoms with van der Waals surface area (Å²) in [4.78, 5) is 6.29. The zero-order valence-electron chi connectivity index (χ0n) is 7.99. The Morgan fingerprint density at radius 3 is 3.13 bits per heavy atom. The number of nitrogens with zero attached hydrogens (tertiary/aromatic N) is 4. The van der Waals surface area contributed by atoms with Crippen molar-refractivity contribution in [2.75, 3.05) is 0 Å². The quantitative estimate of drug-likeness (QED) is 0.692. The smallest absolute Gasteiger partial charge is 0.112 e. The molecule has 0 saturated heterocycles. The van der Waals surface area contributed by atoms with E-state index in [1.54, 1.807) is 6.20 Å². The number of allylic oxidation sites excluding steroid dienone is 2. The average Bonchev–Trinajstić information content (AvgIpc) is 2.74. The van der Waals surface area contributed by atoms with E-state index in [0.29, 0.717) is 0 Å². The molecule has 1 atom stereocenters. The molecule has 1 aromatic heterocycles. The molecule has 0 radical (unpaired) electrons. The summed E-state index contributed by atoms with van der Waals surface area (Å²) in [6.45, 7) is 0. The third-order valence-corrected chi connectivity index (χ3v) is 2.35. The third-order valence-electron chi connectivity index (χ3n) is 2.35. The molecule has 3 rings (SSSR count). The number of aromatic nitrogens is 1. The highest BCUT2D eigenvalue weighted by Crippen LogP contribution is 2.32. The molecular weight excluding hydrogens is 188 g/mol. The molecule has 0 N–H and O–H groups in total. The molecule has 4 nitrogen and oxygen atoms in total. The van der Waals surface area contributed by atoms with Crippen LogP contribution < -0.4 is 0 Å². The van der Waals surface area contributed by atoms with Gasteiger partial charge in [0, 0.05) is 24.3 Å². The lowest BCUT2D eigenvalue weighted by Gasteiger charge is -2.30. The maximum Gasteiger partial charge on any atom is 0.112 e. The molecular formula is C11H9N4-. The monoisotopic (exact) mass is 197 g/mol. The molecule has 0 fully saturated rings. The number of pyridine rings is 1. The molecule has 0 saturated carbocycles. The van der Waals surface area contributed by atoms with Crippen LogP contribution in [0.5, 0.6) is 0 Å². The van der Waals surface area contributed by atoms with Gasteiger partial charge in [-0.25, -0.2) is 0 Å². The van der Waals surface area contributed by atoms with E-state index in [4.69, 9.17) is 0 Å². The van der Waals surface area contributed by atoms with Crippen LogP contribution in [0.25, 0.3) is 5.43 Å². The van der Waals surface area contributed by atoms with Crippen LogP contribution in [0, 0.1) is 0 Å². The van der Waals surface area contributed by atoms with Crippen molar-refractivity contribution in [3.05, 3.63) is 59.9 Å². The predicted octanol–water partition coefficient (Wildman–Crippen LogP) is 2.17. The highest BCUT2D eigenvalue weighted by atomic mass is 15.5. The Labute approximate surface area is 87.6 Å². The minimum Gasteiger partial charge on any atom is -0.576 e. The van der Waals surface area contributed by atoms with Crippen LogP contribution in [0.4, 0.5) is 0 Å². The Morgan fingerprint density at radius 1 is 1.27 bits per heavy atom. The van der Waals surface area contributed by atoms with Gasteiger partial charge < -0.3 is 15.4 Å². The third kappa shape index (κ3) is 1.30. The van der Waals surface area contributed by atoms with Gasteiger partial charge in [0.15, 0.2) is 0 Å². The summed E-state index contributed by atoms with van der Waals surface area (Å²) < 4.78 is 0. The van der Waals surface area contributed by atoms with E-state index in [1.165, 1.54) is 0 Å². The molecule has 0 aromatic carbocycles. The molecule has 1 aromatic rings. The average molecular weight is 197 g/mol. The van der Waals surface area contributed by atoms with Crippen molar-refractivity contribution in [3.63, 3.8) is 0 Å². The van der Waals surface area contributed by atoms with Crippen molar-refractivity contribution in [3.8, 4) is 0 Å². The molecule has 2 aliphatic rings. The first kappa shape index (κ1) is 8.23. The van der Waals surface area contributed by atoms with E-state index in [1.807, 2.05) is 47.5 Å². The lowest BCUT2D eigenvalue weighted by Crippen LogP contribution is -2.24. The van der Waals surface area contributed by atoms with E-state index in [0.717, 1.165) is 11.5 Å². The number of amidine groups is 1. The Hall–Kier alpha value is -2.10. The molecule has 3 heterocycles. The van der Waals surface area contributed by atoms with E-state index in [-0.39, 0.29) is 6.17 Å². The Bertz CT molecular complexity index is 447. The van der Waals surface area contributed by atoms with Gasteiger partial charge in [0.1, 0.15) is 5.84 Å². The molecule has 4 heteroatoms. The lowest BCUT2D eigenvalue weighted by molar-refractivity contribution is 0.482. The Balaban J connectivity index is 1.93. The van der Waals surface area contributed by atoms with Gasteiger partial charge in [-0.3, -0.25) is 4.98 Å². The summed E-state index contributed by atoms with van der Waals surface area (Å²) in [6, 6.07) is 5.81. The second kappa shape index (κ2) is 3.24. The van der Waals surface area contributed by atoms with E-state index >= 15 is 0 Å². The van der Waals surface area contributed by atoms with Crippen molar-refractivity contribution >= 4 is 5.84 Å². The first-order chi connectivity index (χ1) is 7.45. The zero-order chi connectivity index (χ0) is 10.1. The van der Waals surface area contributed by atoms with Gasteiger partial charge >= 0.3 is 0 Å². The maximum atomic E-state index is 4.29. The van der Waals surface area contributed by atoms with Crippen LogP contribution in [-0.2, 0) is 0 Å². The normalized spacial score (nSPS) is 22.3. The van der Waals surface area contributed by atoms with Gasteiger partial charge in [-0.05, 0) is 24.3 Å². The highest BCUT2D eigenvalue weighted by molar-refractivity contribution is 5.97. The summed E-state index contributed by atoms with van der Waals surface area (Å²) in [5.74, 6) is 0.869. The van der Waals surface area contributed by atoms with Crippen LogP contribution in [0.1, 0.15) is 11.9 Å². The molecule has 2 aliphatic heterocycles. The van der Waals surface area contributed by atoms with Gasteiger partial charge in [0.2, 0.25) is 0 Å². The Kier molecular flexibility index (Phi) is 1.78. The van der Waals surface area contributed by atoms with E-state index in [9.17, 15) is 0 Å². The summed E-state index contributed by atoms with van der Waals surface area (Å²) in [5, 5.41) is 4.11. The van der Waals surface area contributed by atoms with Gasteiger partial charge in [-0.15, -0.1) is 0 Å². The minimum absolute atomic E-state index is 0.109. The van der Waals surface area contributed by atoms with Gasteiger partial charge in [0.05, 0.1) is 0 Å². The standard InChI is InChI=1S/C11H9N4/c1-3-7-12-9(5-1)11-14-13-10-6-2-4-8-15(10)11/h1-8,11H/q-1. The first-order valence-corrected chi connectivity index (χ1v) is 4.77. The second-order valence-corrected chi connectivity index (χ2v) is 3.31. The Morgan fingerprint density at radius 2 is 2.27 bits per heavy atom. The highest BCUT2D eigenvalue weighted by Gasteiger charge is 2.18. The van der Waals surface area contributed by atoms with Gasteiger partial charge in [-0.1, -0.05) is 12.1 Å². The van der Waals surface area contributed by atoms with Gasteiger partial charge in [-0.2, -0.15) is 0 Å². The molecule has 1 unspecified atom stereocenters. The van der Waals surface area contributed by atoms with Crippen molar-refractivity contribution < 1.29 is 0 Å². The number of rotatable bonds is 1. The molecule has 74 valence electrons. The largest absolute Gasteiger partial charge is 0.576 e. The summed E-state index contributed by atoms with van der Waals surface area (Å²) in [5.41, 5.74) is 5.11. The zero-order valence-corrected chi connectivity index (χ0v) is 7.99. The number of fused-ring (bicyclic) bond motifs is 1. The van der Waals surface area contributed by atoms with E-state index in [2.05, 4.69) is 15.5 Å². The lowest BCUT2D eigenvalue weighted by atomic mass is 10.2. The summed E-state index contributed by atoms with van der Waals surface area (Å²) in [7, 11) is 0. The molecule has 0 bridgehead atoms.